The molecule has 0 aliphatic rings. The minimum atomic E-state index is -0.965. The molecule has 2 aromatic carbocycles. The fourth-order valence-corrected chi connectivity index (χ4v) is 4.17. The van der Waals surface area contributed by atoms with Crippen molar-refractivity contribution in [3.05, 3.63) is 63.0 Å². The summed E-state index contributed by atoms with van der Waals surface area (Å²) in [5.41, 5.74) is 1.82. The van der Waals surface area contributed by atoms with E-state index in [9.17, 15) is 9.59 Å². The Morgan fingerprint density at radius 3 is 2.52 bits per heavy atom. The Morgan fingerprint density at radius 2 is 1.85 bits per heavy atom. The number of carbonyl (C=O) groups excluding carboxylic acids is 2. The highest BCUT2D eigenvalue weighted by atomic mass is 35.5. The van der Waals surface area contributed by atoms with Crippen LogP contribution in [-0.2, 0) is 16.0 Å². The summed E-state index contributed by atoms with van der Waals surface area (Å²) >= 11 is 13.5. The monoisotopic (exact) mass is 421 g/mol. The van der Waals surface area contributed by atoms with Crippen molar-refractivity contribution in [2.45, 2.75) is 26.4 Å². The molecule has 0 spiro atoms. The number of halogens is 2. The molecule has 0 saturated carbocycles. The molecule has 1 amide bonds. The Morgan fingerprint density at radius 1 is 1.15 bits per heavy atom. The van der Waals surface area contributed by atoms with Crippen LogP contribution in [0.2, 0.25) is 10.0 Å². The lowest BCUT2D eigenvalue weighted by atomic mass is 10.1. The van der Waals surface area contributed by atoms with Crippen LogP contribution in [0.4, 0.5) is 5.69 Å². The first-order chi connectivity index (χ1) is 12.9. The van der Waals surface area contributed by atoms with Crippen LogP contribution in [0, 0.1) is 0 Å². The predicted octanol–water partition coefficient (Wildman–Crippen LogP) is 5.95. The number of hydrogen-bond donors (Lipinski definition) is 1. The number of thiophene rings is 1. The molecule has 27 heavy (non-hydrogen) atoms. The number of anilines is 1. The van der Waals surface area contributed by atoms with Gasteiger partial charge in [0, 0.05) is 20.8 Å². The van der Waals surface area contributed by atoms with Gasteiger partial charge in [-0.1, -0.05) is 48.3 Å². The summed E-state index contributed by atoms with van der Waals surface area (Å²) in [4.78, 5) is 25.0. The molecule has 0 aliphatic carbocycles. The van der Waals surface area contributed by atoms with Crippen molar-refractivity contribution < 1.29 is 14.3 Å². The van der Waals surface area contributed by atoms with E-state index in [-0.39, 0.29) is 4.88 Å². The van der Waals surface area contributed by atoms with Gasteiger partial charge < -0.3 is 10.1 Å². The standard InChI is InChI=1S/C20H17Cl2NO3S/c1-3-12-4-7-14(8-5-12)23-19(24)11(2)26-20(25)18-17(22)15-9-6-13(21)10-16(15)27-18/h4-11H,3H2,1-2H3,(H,23,24). The van der Waals surface area contributed by atoms with E-state index in [0.717, 1.165) is 16.5 Å². The van der Waals surface area contributed by atoms with Crippen molar-refractivity contribution in [2.24, 2.45) is 0 Å². The van der Waals surface area contributed by atoms with Gasteiger partial charge in [-0.3, -0.25) is 4.79 Å². The number of aryl methyl sites for hydroxylation is 1. The quantitative estimate of drug-likeness (QED) is 0.517. The van der Waals surface area contributed by atoms with Crippen molar-refractivity contribution in [1.29, 1.82) is 0 Å². The number of rotatable bonds is 5. The molecule has 0 aliphatic heterocycles. The minimum Gasteiger partial charge on any atom is -0.448 e. The van der Waals surface area contributed by atoms with Crippen molar-refractivity contribution >= 4 is 62.2 Å². The molecule has 1 aromatic heterocycles. The van der Waals surface area contributed by atoms with Gasteiger partial charge in [-0.05, 0) is 43.2 Å². The first-order valence-electron chi connectivity index (χ1n) is 8.37. The van der Waals surface area contributed by atoms with Crippen LogP contribution in [0.5, 0.6) is 0 Å². The van der Waals surface area contributed by atoms with Crippen molar-refractivity contribution in [1.82, 2.24) is 0 Å². The molecular weight excluding hydrogens is 405 g/mol. The molecule has 1 atom stereocenters. The highest BCUT2D eigenvalue weighted by molar-refractivity contribution is 7.21. The van der Waals surface area contributed by atoms with Crippen molar-refractivity contribution in [3.63, 3.8) is 0 Å². The lowest BCUT2D eigenvalue weighted by Crippen LogP contribution is -2.29. The zero-order valence-electron chi connectivity index (χ0n) is 14.7. The number of hydrogen-bond acceptors (Lipinski definition) is 4. The highest BCUT2D eigenvalue weighted by Crippen LogP contribution is 2.37. The first kappa shape index (κ1) is 19.7. The summed E-state index contributed by atoms with van der Waals surface area (Å²) in [7, 11) is 0. The molecule has 3 aromatic rings. The van der Waals surface area contributed by atoms with Gasteiger partial charge in [0.05, 0.1) is 5.02 Å². The lowest BCUT2D eigenvalue weighted by Gasteiger charge is -2.13. The van der Waals surface area contributed by atoms with E-state index in [0.29, 0.717) is 15.7 Å². The maximum absolute atomic E-state index is 12.5. The van der Waals surface area contributed by atoms with Gasteiger partial charge in [0.15, 0.2) is 6.10 Å². The first-order valence-corrected chi connectivity index (χ1v) is 9.94. The Labute approximate surface area is 171 Å². The van der Waals surface area contributed by atoms with E-state index in [4.69, 9.17) is 27.9 Å². The minimum absolute atomic E-state index is 0.251. The molecule has 1 N–H and O–H groups in total. The second-order valence-corrected chi connectivity index (χ2v) is 7.84. The molecule has 1 unspecified atom stereocenters. The van der Waals surface area contributed by atoms with E-state index < -0.39 is 18.0 Å². The summed E-state index contributed by atoms with van der Waals surface area (Å²) in [5.74, 6) is -1.05. The summed E-state index contributed by atoms with van der Waals surface area (Å²) < 4.78 is 6.08. The van der Waals surface area contributed by atoms with Gasteiger partial charge in [-0.25, -0.2) is 4.79 Å². The second kappa shape index (κ2) is 8.30. The Hall–Kier alpha value is -2.08. The maximum Gasteiger partial charge on any atom is 0.350 e. The van der Waals surface area contributed by atoms with Gasteiger partial charge in [0.2, 0.25) is 0 Å². The molecule has 0 fully saturated rings. The summed E-state index contributed by atoms with van der Waals surface area (Å²) in [6.45, 7) is 3.58. The molecule has 1 heterocycles. The van der Waals surface area contributed by atoms with Crippen molar-refractivity contribution in [3.8, 4) is 0 Å². The van der Waals surface area contributed by atoms with Crippen LogP contribution in [-0.4, -0.2) is 18.0 Å². The van der Waals surface area contributed by atoms with Crippen LogP contribution >= 0.6 is 34.5 Å². The average Bonchev–Trinajstić information content (AvgIpc) is 2.98. The predicted molar refractivity (Wildman–Crippen MR) is 111 cm³/mol. The maximum atomic E-state index is 12.5. The molecule has 0 bridgehead atoms. The summed E-state index contributed by atoms with van der Waals surface area (Å²) in [6.07, 6.45) is -0.0446. The molecule has 4 nitrogen and oxygen atoms in total. The number of fused-ring (bicyclic) bond motifs is 1. The fourth-order valence-electron chi connectivity index (χ4n) is 2.51. The second-order valence-electron chi connectivity index (χ2n) is 5.97. The van der Waals surface area contributed by atoms with E-state index in [1.807, 2.05) is 24.3 Å². The van der Waals surface area contributed by atoms with Gasteiger partial charge in [0.1, 0.15) is 4.88 Å². The summed E-state index contributed by atoms with van der Waals surface area (Å²) in [5, 5.41) is 4.33. The van der Waals surface area contributed by atoms with Crippen LogP contribution in [0.25, 0.3) is 10.1 Å². The SMILES string of the molecule is CCc1ccc(NC(=O)C(C)OC(=O)c2sc3cc(Cl)ccc3c2Cl)cc1. The average molecular weight is 422 g/mol. The number of ether oxygens (including phenoxy) is 1. The van der Waals surface area contributed by atoms with E-state index in [1.165, 1.54) is 23.8 Å². The van der Waals surface area contributed by atoms with Crippen LogP contribution in [0.1, 0.15) is 29.1 Å². The van der Waals surface area contributed by atoms with Gasteiger partial charge in [0.25, 0.3) is 5.91 Å². The third kappa shape index (κ3) is 4.43. The Bertz CT molecular complexity index is 998. The Kier molecular flexibility index (Phi) is 6.05. The van der Waals surface area contributed by atoms with E-state index >= 15 is 0 Å². The lowest BCUT2D eigenvalue weighted by molar-refractivity contribution is -0.123. The number of nitrogens with one attached hydrogen (secondary N) is 1. The van der Waals surface area contributed by atoms with E-state index in [1.54, 1.807) is 18.2 Å². The van der Waals surface area contributed by atoms with Crippen LogP contribution < -0.4 is 5.32 Å². The molecular formula is C20H17Cl2NO3S. The smallest absolute Gasteiger partial charge is 0.350 e. The molecule has 7 heteroatoms. The third-order valence-electron chi connectivity index (χ3n) is 4.06. The molecule has 0 radical (unpaired) electrons. The number of amides is 1. The molecule has 3 rings (SSSR count). The topological polar surface area (TPSA) is 55.4 Å². The van der Waals surface area contributed by atoms with E-state index in [2.05, 4.69) is 12.2 Å². The third-order valence-corrected chi connectivity index (χ3v) is 5.93. The van der Waals surface area contributed by atoms with Crippen LogP contribution in [0.15, 0.2) is 42.5 Å². The zero-order chi connectivity index (χ0) is 19.6. The number of benzene rings is 2. The van der Waals surface area contributed by atoms with Gasteiger partial charge in [-0.15, -0.1) is 11.3 Å². The zero-order valence-corrected chi connectivity index (χ0v) is 17.0. The van der Waals surface area contributed by atoms with Gasteiger partial charge >= 0.3 is 5.97 Å². The molecule has 0 saturated heterocycles. The Balaban J connectivity index is 1.69. The normalized spacial score (nSPS) is 12.0. The van der Waals surface area contributed by atoms with Gasteiger partial charge in [-0.2, -0.15) is 0 Å². The fraction of sp³-hybridized carbons (Fsp3) is 0.200. The summed E-state index contributed by atoms with van der Waals surface area (Å²) in [6, 6.07) is 12.7. The largest absolute Gasteiger partial charge is 0.448 e. The number of esters is 1. The number of carbonyl (C=O) groups is 2. The van der Waals surface area contributed by atoms with Crippen LogP contribution in [0.3, 0.4) is 0 Å². The highest BCUT2D eigenvalue weighted by Gasteiger charge is 2.23. The molecule has 140 valence electrons. The van der Waals surface area contributed by atoms with Crippen molar-refractivity contribution in [2.75, 3.05) is 5.32 Å².